The molecule has 0 aromatic carbocycles. The van der Waals surface area contributed by atoms with Crippen LogP contribution in [0, 0.1) is 0 Å². The summed E-state index contributed by atoms with van der Waals surface area (Å²) in [5.74, 6) is 0. The van der Waals surface area contributed by atoms with Crippen LogP contribution in [0.5, 0.6) is 0 Å². The highest BCUT2D eigenvalue weighted by atomic mass is 16.6. The van der Waals surface area contributed by atoms with Gasteiger partial charge in [0, 0.05) is 38.1 Å². The Morgan fingerprint density at radius 3 is 2.68 bits per heavy atom. The first-order valence-corrected chi connectivity index (χ1v) is 8.20. The van der Waals surface area contributed by atoms with E-state index in [2.05, 4.69) is 35.1 Å². The lowest BCUT2D eigenvalue weighted by Gasteiger charge is -2.26. The minimum atomic E-state index is -0.436. The highest BCUT2D eigenvalue weighted by molar-refractivity contribution is 5.68. The number of aromatic nitrogens is 1. The van der Waals surface area contributed by atoms with E-state index in [0.29, 0.717) is 13.1 Å². The first-order chi connectivity index (χ1) is 10.4. The van der Waals surface area contributed by atoms with Gasteiger partial charge in [-0.25, -0.2) is 4.79 Å². The Morgan fingerprint density at radius 2 is 2.09 bits per heavy atom. The van der Waals surface area contributed by atoms with Crippen LogP contribution in [-0.4, -0.2) is 40.8 Å². The number of nitrogens with zero attached hydrogens (tertiary/aromatic N) is 2. The van der Waals surface area contributed by atoms with E-state index in [9.17, 15) is 4.79 Å². The molecule has 1 heterocycles. The lowest BCUT2D eigenvalue weighted by atomic mass is 10.2. The monoisotopic (exact) mass is 309 g/mol. The van der Waals surface area contributed by atoms with Crippen LogP contribution in [-0.2, 0) is 17.8 Å². The van der Waals surface area contributed by atoms with Gasteiger partial charge in [-0.1, -0.05) is 0 Å². The number of ether oxygens (including phenoxy) is 1. The van der Waals surface area contributed by atoms with Crippen LogP contribution in [0.2, 0.25) is 0 Å². The van der Waals surface area contributed by atoms with E-state index in [4.69, 9.17) is 4.74 Å². The van der Waals surface area contributed by atoms with Gasteiger partial charge in [-0.2, -0.15) is 0 Å². The van der Waals surface area contributed by atoms with E-state index < -0.39 is 5.60 Å². The standard InChI is InChI=1S/C17H31N3O2/c1-6-19-12-8-10-15(19)14-18-11-9-13-20(7-2)16(21)22-17(3,4)5/h8,10,12,18H,6-7,9,11,13-14H2,1-5H3. The molecule has 0 fully saturated rings. The first-order valence-electron chi connectivity index (χ1n) is 8.20. The lowest BCUT2D eigenvalue weighted by Crippen LogP contribution is -2.38. The van der Waals surface area contributed by atoms with Gasteiger partial charge in [-0.15, -0.1) is 0 Å². The van der Waals surface area contributed by atoms with Gasteiger partial charge in [-0.3, -0.25) is 0 Å². The summed E-state index contributed by atoms with van der Waals surface area (Å²) in [5.41, 5.74) is 0.857. The fourth-order valence-electron chi connectivity index (χ4n) is 2.23. The van der Waals surface area contributed by atoms with Gasteiger partial charge in [0.1, 0.15) is 5.60 Å². The van der Waals surface area contributed by atoms with Gasteiger partial charge in [0.2, 0.25) is 0 Å². The maximum Gasteiger partial charge on any atom is 0.410 e. The van der Waals surface area contributed by atoms with Crippen molar-refractivity contribution >= 4 is 6.09 Å². The highest BCUT2D eigenvalue weighted by Gasteiger charge is 2.20. The topological polar surface area (TPSA) is 46.5 Å². The molecule has 126 valence electrons. The van der Waals surface area contributed by atoms with Gasteiger partial charge in [0.25, 0.3) is 0 Å². The summed E-state index contributed by atoms with van der Waals surface area (Å²) in [5, 5.41) is 3.43. The molecule has 0 aliphatic heterocycles. The molecule has 0 radical (unpaired) electrons. The Bertz CT molecular complexity index is 449. The van der Waals surface area contributed by atoms with Crippen molar-refractivity contribution in [2.24, 2.45) is 0 Å². The minimum Gasteiger partial charge on any atom is -0.444 e. The molecule has 5 nitrogen and oxygen atoms in total. The summed E-state index contributed by atoms with van der Waals surface area (Å²) in [7, 11) is 0. The molecule has 0 aliphatic rings. The second-order valence-corrected chi connectivity index (χ2v) is 6.38. The number of aryl methyl sites for hydroxylation is 1. The Morgan fingerprint density at radius 1 is 1.36 bits per heavy atom. The van der Waals surface area contributed by atoms with Crippen molar-refractivity contribution in [3.05, 3.63) is 24.0 Å². The van der Waals surface area contributed by atoms with Crippen molar-refractivity contribution in [3.8, 4) is 0 Å². The van der Waals surface area contributed by atoms with Crippen LogP contribution in [0.15, 0.2) is 18.3 Å². The largest absolute Gasteiger partial charge is 0.444 e. The molecule has 1 N–H and O–H groups in total. The summed E-state index contributed by atoms with van der Waals surface area (Å²) in [6, 6.07) is 4.21. The van der Waals surface area contributed by atoms with Crippen LogP contribution in [0.25, 0.3) is 0 Å². The van der Waals surface area contributed by atoms with E-state index in [-0.39, 0.29) is 6.09 Å². The molecule has 1 amide bonds. The molecule has 0 aliphatic carbocycles. The van der Waals surface area contributed by atoms with Crippen molar-refractivity contribution in [1.82, 2.24) is 14.8 Å². The average Bonchev–Trinajstić information content (AvgIpc) is 2.88. The molecule has 5 heteroatoms. The molecular formula is C17H31N3O2. The van der Waals surface area contributed by atoms with Gasteiger partial charge >= 0.3 is 6.09 Å². The fraction of sp³-hybridized carbons (Fsp3) is 0.706. The van der Waals surface area contributed by atoms with Crippen LogP contribution in [0.3, 0.4) is 0 Å². The van der Waals surface area contributed by atoms with E-state index in [1.807, 2.05) is 27.7 Å². The van der Waals surface area contributed by atoms with Crippen molar-refractivity contribution in [2.45, 2.75) is 59.7 Å². The predicted octanol–water partition coefficient (Wildman–Crippen LogP) is 3.24. The summed E-state index contributed by atoms with van der Waals surface area (Å²) in [6.45, 7) is 13.9. The summed E-state index contributed by atoms with van der Waals surface area (Å²) in [4.78, 5) is 13.8. The summed E-state index contributed by atoms with van der Waals surface area (Å²) >= 11 is 0. The zero-order valence-electron chi connectivity index (χ0n) is 14.7. The van der Waals surface area contributed by atoms with E-state index >= 15 is 0 Å². The third kappa shape index (κ3) is 6.52. The molecule has 0 saturated carbocycles. The van der Waals surface area contributed by atoms with E-state index in [1.165, 1.54) is 5.69 Å². The number of carbonyl (C=O) groups is 1. The molecular weight excluding hydrogens is 278 g/mol. The smallest absolute Gasteiger partial charge is 0.410 e. The maximum absolute atomic E-state index is 12.0. The van der Waals surface area contributed by atoms with Gasteiger partial charge in [0.05, 0.1) is 0 Å². The zero-order chi connectivity index (χ0) is 16.6. The van der Waals surface area contributed by atoms with Gasteiger partial charge in [0.15, 0.2) is 0 Å². The third-order valence-corrected chi connectivity index (χ3v) is 3.39. The summed E-state index contributed by atoms with van der Waals surface area (Å²) < 4.78 is 7.63. The van der Waals surface area contributed by atoms with Gasteiger partial charge in [-0.05, 0) is 59.7 Å². The number of nitrogens with one attached hydrogen (secondary N) is 1. The Hall–Kier alpha value is -1.49. The molecule has 1 aromatic rings. The number of amides is 1. The molecule has 22 heavy (non-hydrogen) atoms. The number of hydrogen-bond donors (Lipinski definition) is 1. The zero-order valence-corrected chi connectivity index (χ0v) is 14.7. The average molecular weight is 309 g/mol. The van der Waals surface area contributed by atoms with Crippen molar-refractivity contribution in [3.63, 3.8) is 0 Å². The van der Waals surface area contributed by atoms with Crippen LogP contribution in [0.1, 0.15) is 46.7 Å². The molecule has 1 aromatic heterocycles. The molecule has 0 bridgehead atoms. The van der Waals surface area contributed by atoms with E-state index in [1.54, 1.807) is 4.90 Å². The van der Waals surface area contributed by atoms with Crippen molar-refractivity contribution in [2.75, 3.05) is 19.6 Å². The molecule has 0 atom stereocenters. The lowest BCUT2D eigenvalue weighted by molar-refractivity contribution is 0.0258. The minimum absolute atomic E-state index is 0.227. The molecule has 0 saturated heterocycles. The Balaban J connectivity index is 2.26. The Kier molecular flexibility index (Phi) is 7.45. The molecule has 0 unspecified atom stereocenters. The number of rotatable bonds is 8. The third-order valence-electron chi connectivity index (χ3n) is 3.39. The predicted molar refractivity (Wildman–Crippen MR) is 89.9 cm³/mol. The highest BCUT2D eigenvalue weighted by Crippen LogP contribution is 2.10. The van der Waals surface area contributed by atoms with Crippen LogP contribution < -0.4 is 5.32 Å². The fourth-order valence-corrected chi connectivity index (χ4v) is 2.23. The Labute approximate surface area is 134 Å². The number of carbonyl (C=O) groups excluding carboxylic acids is 1. The second-order valence-electron chi connectivity index (χ2n) is 6.38. The maximum atomic E-state index is 12.0. The van der Waals surface area contributed by atoms with Crippen LogP contribution >= 0.6 is 0 Å². The van der Waals surface area contributed by atoms with Crippen molar-refractivity contribution in [1.29, 1.82) is 0 Å². The number of hydrogen-bond acceptors (Lipinski definition) is 3. The van der Waals surface area contributed by atoms with Crippen molar-refractivity contribution < 1.29 is 9.53 Å². The van der Waals surface area contributed by atoms with E-state index in [0.717, 1.165) is 26.1 Å². The normalized spacial score (nSPS) is 11.5. The van der Waals surface area contributed by atoms with Crippen LogP contribution in [0.4, 0.5) is 4.79 Å². The van der Waals surface area contributed by atoms with Gasteiger partial charge < -0.3 is 19.5 Å². The molecule has 0 spiro atoms. The molecule has 1 rings (SSSR count). The first kappa shape index (κ1) is 18.6. The SMILES string of the molecule is CCN(CCCNCc1cccn1CC)C(=O)OC(C)(C)C. The quantitative estimate of drug-likeness (QED) is 0.750. The summed E-state index contributed by atoms with van der Waals surface area (Å²) in [6.07, 6.45) is 2.79. The second kappa shape index (κ2) is 8.83.